The number of halogens is 1. The standard InChI is InChI=1S/C18H19ClN2O6S/c1-11-7-15(12(2)20(11)14-5-6-28(25,26)10-14)17(22)9-27-18-4-3-13(21(23)24)8-16(18)19/h3-4,7-8,14H,5-6,9-10H2,1-2H3/t14-/m0/s1. The quantitative estimate of drug-likeness (QED) is 0.398. The Hall–Kier alpha value is -2.39. The first-order valence-electron chi connectivity index (χ1n) is 8.58. The van der Waals surface area contributed by atoms with Crippen LogP contribution in [0.5, 0.6) is 5.75 Å². The lowest BCUT2D eigenvalue weighted by Crippen LogP contribution is -2.16. The van der Waals surface area contributed by atoms with Gasteiger partial charge in [-0.05, 0) is 32.4 Å². The van der Waals surface area contributed by atoms with Crippen molar-refractivity contribution in [2.75, 3.05) is 18.1 Å². The first kappa shape index (κ1) is 20.3. The molecule has 150 valence electrons. The molecule has 1 aliphatic rings. The number of carbonyl (C=O) groups excluding carboxylic acids is 1. The second-order valence-electron chi connectivity index (χ2n) is 6.80. The summed E-state index contributed by atoms with van der Waals surface area (Å²) < 4.78 is 30.9. The zero-order chi connectivity index (χ0) is 20.6. The van der Waals surface area contributed by atoms with Crippen LogP contribution in [0.2, 0.25) is 5.02 Å². The van der Waals surface area contributed by atoms with Crippen LogP contribution >= 0.6 is 11.6 Å². The molecule has 1 aromatic carbocycles. The van der Waals surface area contributed by atoms with Crippen LogP contribution in [0.25, 0.3) is 0 Å². The first-order valence-corrected chi connectivity index (χ1v) is 10.8. The van der Waals surface area contributed by atoms with Gasteiger partial charge in [0.25, 0.3) is 5.69 Å². The highest BCUT2D eigenvalue weighted by Crippen LogP contribution is 2.31. The van der Waals surface area contributed by atoms with E-state index < -0.39 is 14.8 Å². The molecule has 3 rings (SSSR count). The van der Waals surface area contributed by atoms with Crippen molar-refractivity contribution in [3.05, 3.63) is 56.4 Å². The molecule has 0 saturated carbocycles. The molecule has 1 saturated heterocycles. The summed E-state index contributed by atoms with van der Waals surface area (Å²) in [5, 5.41) is 10.8. The Kier molecular flexibility index (Phi) is 5.49. The van der Waals surface area contributed by atoms with E-state index in [1.165, 1.54) is 12.1 Å². The molecule has 0 unspecified atom stereocenters. The van der Waals surface area contributed by atoms with Crippen LogP contribution < -0.4 is 4.74 Å². The number of sulfone groups is 1. The molecule has 1 fully saturated rings. The van der Waals surface area contributed by atoms with Crippen molar-refractivity contribution in [1.29, 1.82) is 0 Å². The van der Waals surface area contributed by atoms with Gasteiger partial charge in [-0.25, -0.2) is 8.42 Å². The fourth-order valence-corrected chi connectivity index (χ4v) is 5.47. The number of nitro benzene ring substituents is 1. The second kappa shape index (κ2) is 7.56. The molecule has 8 nitrogen and oxygen atoms in total. The van der Waals surface area contributed by atoms with Crippen molar-refractivity contribution in [2.24, 2.45) is 0 Å². The number of aromatic nitrogens is 1. The summed E-state index contributed by atoms with van der Waals surface area (Å²) >= 11 is 5.97. The van der Waals surface area contributed by atoms with Crippen molar-refractivity contribution >= 4 is 32.9 Å². The Bertz CT molecular complexity index is 1060. The van der Waals surface area contributed by atoms with Crippen molar-refractivity contribution in [3.8, 4) is 5.75 Å². The van der Waals surface area contributed by atoms with Crippen molar-refractivity contribution in [2.45, 2.75) is 26.3 Å². The third kappa shape index (κ3) is 4.05. The van der Waals surface area contributed by atoms with Gasteiger partial charge >= 0.3 is 0 Å². The number of ether oxygens (including phenoxy) is 1. The van der Waals surface area contributed by atoms with Crippen LogP contribution in [0, 0.1) is 24.0 Å². The Morgan fingerprint density at radius 1 is 1.36 bits per heavy atom. The first-order chi connectivity index (χ1) is 13.1. The van der Waals surface area contributed by atoms with Gasteiger partial charge in [0.15, 0.2) is 16.4 Å². The molecule has 0 amide bonds. The van der Waals surface area contributed by atoms with Gasteiger partial charge in [-0.3, -0.25) is 14.9 Å². The van der Waals surface area contributed by atoms with Crippen LogP contribution in [0.1, 0.15) is 34.2 Å². The summed E-state index contributed by atoms with van der Waals surface area (Å²) in [5.74, 6) is 0.122. The molecular formula is C18H19ClN2O6S. The van der Waals surface area contributed by atoms with E-state index in [9.17, 15) is 23.3 Å². The van der Waals surface area contributed by atoms with Gasteiger partial charge in [0.2, 0.25) is 5.78 Å². The zero-order valence-electron chi connectivity index (χ0n) is 15.3. The number of benzene rings is 1. The molecular weight excluding hydrogens is 408 g/mol. The molecule has 0 radical (unpaired) electrons. The number of nitro groups is 1. The summed E-state index contributed by atoms with van der Waals surface area (Å²) in [7, 11) is -3.04. The average molecular weight is 427 g/mol. The lowest BCUT2D eigenvalue weighted by Gasteiger charge is -2.16. The number of rotatable bonds is 6. The molecule has 1 aliphatic heterocycles. The van der Waals surface area contributed by atoms with E-state index in [0.29, 0.717) is 17.7 Å². The van der Waals surface area contributed by atoms with Gasteiger partial charge in [0.1, 0.15) is 5.75 Å². The fourth-order valence-electron chi connectivity index (χ4n) is 3.54. The summed E-state index contributed by atoms with van der Waals surface area (Å²) in [6, 6.07) is 5.31. The Morgan fingerprint density at radius 2 is 2.07 bits per heavy atom. The summed E-state index contributed by atoms with van der Waals surface area (Å²) in [6.45, 7) is 3.33. The zero-order valence-corrected chi connectivity index (χ0v) is 16.9. The Morgan fingerprint density at radius 3 is 2.64 bits per heavy atom. The molecule has 10 heteroatoms. The highest BCUT2D eigenvalue weighted by Gasteiger charge is 2.31. The molecule has 1 aromatic heterocycles. The van der Waals surface area contributed by atoms with Crippen molar-refractivity contribution < 1.29 is 22.9 Å². The van der Waals surface area contributed by atoms with E-state index in [2.05, 4.69) is 0 Å². The Labute approximate surface area is 167 Å². The minimum Gasteiger partial charge on any atom is -0.484 e. The van der Waals surface area contributed by atoms with E-state index in [4.69, 9.17) is 16.3 Å². The van der Waals surface area contributed by atoms with Crippen LogP contribution in [-0.2, 0) is 9.84 Å². The molecule has 28 heavy (non-hydrogen) atoms. The maximum absolute atomic E-state index is 12.6. The number of aryl methyl sites for hydroxylation is 1. The number of hydrogen-bond acceptors (Lipinski definition) is 6. The topological polar surface area (TPSA) is 109 Å². The maximum atomic E-state index is 12.6. The number of Topliss-reactive ketones (excluding diaryl/α,β-unsaturated/α-hetero) is 1. The lowest BCUT2D eigenvalue weighted by molar-refractivity contribution is -0.384. The van der Waals surface area contributed by atoms with Gasteiger partial charge in [0, 0.05) is 35.1 Å². The van der Waals surface area contributed by atoms with Gasteiger partial charge in [0.05, 0.1) is 21.5 Å². The third-order valence-electron chi connectivity index (χ3n) is 4.84. The molecule has 2 heterocycles. The number of hydrogen-bond donors (Lipinski definition) is 0. The van der Waals surface area contributed by atoms with E-state index in [-0.39, 0.29) is 46.4 Å². The SMILES string of the molecule is Cc1cc(C(=O)COc2ccc([N+](=O)[O-])cc2Cl)c(C)n1[C@H]1CCS(=O)(=O)C1. The highest BCUT2D eigenvalue weighted by atomic mass is 35.5. The minimum atomic E-state index is -3.04. The smallest absolute Gasteiger partial charge is 0.271 e. The van der Waals surface area contributed by atoms with E-state index in [0.717, 1.165) is 11.8 Å². The van der Waals surface area contributed by atoms with E-state index >= 15 is 0 Å². The highest BCUT2D eigenvalue weighted by molar-refractivity contribution is 7.91. The van der Waals surface area contributed by atoms with Gasteiger partial charge in [-0.2, -0.15) is 0 Å². The van der Waals surface area contributed by atoms with E-state index in [1.54, 1.807) is 13.0 Å². The summed E-state index contributed by atoms with van der Waals surface area (Å²) in [4.78, 5) is 22.8. The minimum absolute atomic E-state index is 0.0450. The molecule has 0 aliphatic carbocycles. The van der Waals surface area contributed by atoms with Crippen LogP contribution in [-0.4, -0.2) is 41.8 Å². The van der Waals surface area contributed by atoms with Crippen LogP contribution in [0.4, 0.5) is 5.69 Å². The average Bonchev–Trinajstić information content (AvgIpc) is 3.11. The number of carbonyl (C=O) groups is 1. The fraction of sp³-hybridized carbons (Fsp3) is 0.389. The number of ketones is 1. The third-order valence-corrected chi connectivity index (χ3v) is 6.89. The predicted octanol–water partition coefficient (Wildman–Crippen LogP) is 3.29. The van der Waals surface area contributed by atoms with Crippen LogP contribution in [0.15, 0.2) is 24.3 Å². The lowest BCUT2D eigenvalue weighted by atomic mass is 10.1. The van der Waals surface area contributed by atoms with Crippen molar-refractivity contribution in [3.63, 3.8) is 0 Å². The Balaban J connectivity index is 1.75. The molecule has 0 N–H and O–H groups in total. The number of non-ortho nitro benzene ring substituents is 1. The maximum Gasteiger partial charge on any atom is 0.271 e. The molecule has 0 bridgehead atoms. The summed E-state index contributed by atoms with van der Waals surface area (Å²) in [6.07, 6.45) is 0.529. The molecule has 1 atom stereocenters. The normalized spacial score (nSPS) is 18.2. The number of nitrogens with zero attached hydrogens (tertiary/aromatic N) is 2. The molecule has 0 spiro atoms. The monoisotopic (exact) mass is 426 g/mol. The van der Waals surface area contributed by atoms with Gasteiger partial charge < -0.3 is 9.30 Å². The molecule has 2 aromatic rings. The van der Waals surface area contributed by atoms with Crippen molar-refractivity contribution in [1.82, 2.24) is 4.57 Å². The predicted molar refractivity (Wildman–Crippen MR) is 104 cm³/mol. The van der Waals surface area contributed by atoms with Crippen LogP contribution in [0.3, 0.4) is 0 Å². The second-order valence-corrected chi connectivity index (χ2v) is 9.43. The van der Waals surface area contributed by atoms with Gasteiger partial charge in [-0.1, -0.05) is 11.6 Å². The largest absolute Gasteiger partial charge is 0.484 e. The van der Waals surface area contributed by atoms with Gasteiger partial charge in [-0.15, -0.1) is 0 Å². The summed E-state index contributed by atoms with van der Waals surface area (Å²) in [5.41, 5.74) is 1.80. The van der Waals surface area contributed by atoms with E-state index in [1.807, 2.05) is 11.5 Å².